The molecule has 3 rings (SSSR count). The van der Waals surface area contributed by atoms with Crippen molar-refractivity contribution in [3.8, 4) is 11.5 Å². The van der Waals surface area contributed by atoms with Crippen molar-refractivity contribution in [3.63, 3.8) is 0 Å². The van der Waals surface area contributed by atoms with E-state index in [4.69, 9.17) is 14.2 Å². The van der Waals surface area contributed by atoms with Crippen LogP contribution in [0.4, 0.5) is 0 Å². The molecule has 5 heteroatoms. The molecule has 2 aromatic rings. The van der Waals surface area contributed by atoms with Gasteiger partial charge in [0.2, 0.25) is 6.10 Å². The predicted octanol–water partition coefficient (Wildman–Crippen LogP) is 3.45. The molecule has 0 amide bonds. The zero-order valence-corrected chi connectivity index (χ0v) is 15.3. The van der Waals surface area contributed by atoms with Gasteiger partial charge in [-0.3, -0.25) is 0 Å². The van der Waals surface area contributed by atoms with Crippen molar-refractivity contribution in [1.82, 2.24) is 4.90 Å². The normalized spacial score (nSPS) is 18.6. The van der Waals surface area contributed by atoms with E-state index in [0.29, 0.717) is 24.7 Å². The van der Waals surface area contributed by atoms with Gasteiger partial charge >= 0.3 is 5.97 Å². The Labute approximate surface area is 154 Å². The van der Waals surface area contributed by atoms with E-state index in [9.17, 15) is 4.79 Å². The fourth-order valence-corrected chi connectivity index (χ4v) is 3.00. The maximum atomic E-state index is 12.7. The predicted molar refractivity (Wildman–Crippen MR) is 99.4 cm³/mol. The highest BCUT2D eigenvalue weighted by Crippen LogP contribution is 2.39. The lowest BCUT2D eigenvalue weighted by Gasteiger charge is -2.33. The lowest BCUT2D eigenvalue weighted by molar-refractivity contribution is -0.159. The topological polar surface area (TPSA) is 48.0 Å². The van der Waals surface area contributed by atoms with Crippen LogP contribution in [0.5, 0.6) is 11.5 Å². The summed E-state index contributed by atoms with van der Waals surface area (Å²) in [6, 6.07) is 17.0. The third-order valence-corrected chi connectivity index (χ3v) is 4.54. The molecule has 0 spiro atoms. The van der Waals surface area contributed by atoms with E-state index in [2.05, 4.69) is 18.7 Å². The quantitative estimate of drug-likeness (QED) is 0.712. The Bertz CT molecular complexity index is 715. The molecule has 26 heavy (non-hydrogen) atoms. The summed E-state index contributed by atoms with van der Waals surface area (Å²) in [5, 5.41) is 0. The van der Waals surface area contributed by atoms with Gasteiger partial charge in [0.1, 0.15) is 6.61 Å². The van der Waals surface area contributed by atoms with Crippen molar-refractivity contribution in [2.45, 2.75) is 26.1 Å². The Balaban J connectivity index is 1.75. The molecule has 0 aliphatic carbocycles. The van der Waals surface area contributed by atoms with Gasteiger partial charge in [-0.25, -0.2) is 4.79 Å². The summed E-state index contributed by atoms with van der Waals surface area (Å²) >= 11 is 0. The second-order valence-corrected chi connectivity index (χ2v) is 6.13. The molecule has 2 atom stereocenters. The molecule has 0 saturated carbocycles. The summed E-state index contributed by atoms with van der Waals surface area (Å²) in [5.74, 6) is 0.791. The fourth-order valence-electron chi connectivity index (χ4n) is 3.00. The average molecular weight is 355 g/mol. The minimum Gasteiger partial charge on any atom is -0.477 e. The first-order valence-electron chi connectivity index (χ1n) is 9.09. The van der Waals surface area contributed by atoms with Gasteiger partial charge in [0.05, 0.1) is 0 Å². The van der Waals surface area contributed by atoms with Gasteiger partial charge in [-0.1, -0.05) is 56.3 Å². The van der Waals surface area contributed by atoms with Crippen molar-refractivity contribution >= 4 is 5.97 Å². The van der Waals surface area contributed by atoms with Gasteiger partial charge in [0.15, 0.2) is 17.6 Å². The highest BCUT2D eigenvalue weighted by Gasteiger charge is 2.39. The van der Waals surface area contributed by atoms with Gasteiger partial charge in [-0.2, -0.15) is 0 Å². The number of fused-ring (bicyclic) bond motifs is 1. The second kappa shape index (κ2) is 8.72. The van der Waals surface area contributed by atoms with E-state index in [1.54, 1.807) is 6.07 Å². The molecule has 138 valence electrons. The molecule has 1 aliphatic heterocycles. The number of para-hydroxylation sites is 2. The van der Waals surface area contributed by atoms with Crippen LogP contribution in [-0.2, 0) is 9.53 Å². The number of ether oxygens (including phenoxy) is 3. The van der Waals surface area contributed by atoms with E-state index in [1.165, 1.54) is 0 Å². The maximum absolute atomic E-state index is 12.7. The summed E-state index contributed by atoms with van der Waals surface area (Å²) in [4.78, 5) is 14.9. The zero-order valence-electron chi connectivity index (χ0n) is 15.3. The van der Waals surface area contributed by atoms with Crippen molar-refractivity contribution in [2.24, 2.45) is 0 Å². The molecule has 0 unspecified atom stereocenters. The zero-order chi connectivity index (χ0) is 18.4. The van der Waals surface area contributed by atoms with Gasteiger partial charge in [0.25, 0.3) is 0 Å². The lowest BCUT2D eigenvalue weighted by Crippen LogP contribution is -2.41. The van der Waals surface area contributed by atoms with Crippen LogP contribution in [0, 0.1) is 0 Å². The third kappa shape index (κ3) is 4.17. The number of rotatable bonds is 7. The number of benzene rings is 2. The van der Waals surface area contributed by atoms with E-state index in [-0.39, 0.29) is 0 Å². The molecule has 0 saturated heterocycles. The van der Waals surface area contributed by atoms with Crippen molar-refractivity contribution in [2.75, 3.05) is 26.2 Å². The Hall–Kier alpha value is -2.53. The number of hydrogen-bond donors (Lipinski definition) is 0. The molecule has 0 radical (unpaired) electrons. The minimum atomic E-state index is -0.830. The number of carbonyl (C=O) groups excluding carboxylic acids is 1. The number of carbonyl (C=O) groups is 1. The highest BCUT2D eigenvalue weighted by atomic mass is 16.6. The monoisotopic (exact) mass is 355 g/mol. The summed E-state index contributed by atoms with van der Waals surface area (Å²) in [5.41, 5.74) is 0.882. The first-order chi connectivity index (χ1) is 12.7. The smallest absolute Gasteiger partial charge is 0.351 e. The molecular formula is C21H25NO4. The molecular weight excluding hydrogens is 330 g/mol. The molecule has 1 aliphatic rings. The van der Waals surface area contributed by atoms with Crippen molar-refractivity contribution in [3.05, 3.63) is 60.2 Å². The Morgan fingerprint density at radius 2 is 1.58 bits per heavy atom. The Morgan fingerprint density at radius 3 is 2.23 bits per heavy atom. The number of nitrogens with zero attached hydrogens (tertiary/aromatic N) is 1. The first kappa shape index (κ1) is 18.3. The van der Waals surface area contributed by atoms with Crippen LogP contribution in [0.15, 0.2) is 54.6 Å². The molecule has 0 fully saturated rings. The van der Waals surface area contributed by atoms with Crippen LogP contribution in [0.25, 0.3) is 0 Å². The molecule has 0 N–H and O–H groups in total. The van der Waals surface area contributed by atoms with Gasteiger partial charge < -0.3 is 19.1 Å². The second-order valence-electron chi connectivity index (χ2n) is 6.13. The fraction of sp³-hybridized carbons (Fsp3) is 0.381. The van der Waals surface area contributed by atoms with Crippen molar-refractivity contribution in [1.29, 1.82) is 0 Å². The maximum Gasteiger partial charge on any atom is 0.351 e. The lowest BCUT2D eigenvalue weighted by atomic mass is 10.0. The molecule has 5 nitrogen and oxygen atoms in total. The summed E-state index contributed by atoms with van der Waals surface area (Å²) in [7, 11) is 0. The highest BCUT2D eigenvalue weighted by molar-refractivity contribution is 5.77. The van der Waals surface area contributed by atoms with E-state index < -0.39 is 18.2 Å². The van der Waals surface area contributed by atoms with Crippen LogP contribution in [-0.4, -0.2) is 43.2 Å². The summed E-state index contributed by atoms with van der Waals surface area (Å²) < 4.78 is 17.5. The van der Waals surface area contributed by atoms with Crippen LogP contribution < -0.4 is 9.47 Å². The SMILES string of the molecule is CCN(CC)CCOC(=O)[C@H]1Oc2ccccc2O[C@@H]1c1ccccc1. The van der Waals surface area contributed by atoms with Crippen LogP contribution in [0.3, 0.4) is 0 Å². The van der Waals surface area contributed by atoms with E-state index in [0.717, 1.165) is 18.7 Å². The molecule has 0 aromatic heterocycles. The standard InChI is InChI=1S/C21H25NO4/c1-3-22(4-2)14-15-24-21(23)20-19(16-10-6-5-7-11-16)25-17-12-8-9-13-18(17)26-20/h5-13,19-20H,3-4,14-15H2,1-2H3/t19-,20+/m1/s1. The van der Waals surface area contributed by atoms with Crippen LogP contribution >= 0.6 is 0 Å². The molecule has 2 aromatic carbocycles. The van der Waals surface area contributed by atoms with Crippen LogP contribution in [0.1, 0.15) is 25.5 Å². The number of esters is 1. The Kier molecular flexibility index (Phi) is 6.12. The third-order valence-electron chi connectivity index (χ3n) is 4.54. The van der Waals surface area contributed by atoms with E-state index in [1.807, 2.05) is 48.5 Å². The van der Waals surface area contributed by atoms with Gasteiger partial charge in [0, 0.05) is 6.54 Å². The number of hydrogen-bond acceptors (Lipinski definition) is 5. The average Bonchev–Trinajstić information content (AvgIpc) is 2.70. The van der Waals surface area contributed by atoms with Gasteiger partial charge in [-0.15, -0.1) is 0 Å². The minimum absolute atomic E-state index is 0.337. The number of likely N-dealkylation sites (N-methyl/N-ethyl adjacent to an activating group) is 1. The van der Waals surface area contributed by atoms with Crippen LogP contribution in [0.2, 0.25) is 0 Å². The summed E-state index contributed by atoms with van der Waals surface area (Å²) in [6.45, 7) is 7.08. The van der Waals surface area contributed by atoms with Gasteiger partial charge in [-0.05, 0) is 30.8 Å². The molecule has 0 bridgehead atoms. The summed E-state index contributed by atoms with van der Waals surface area (Å²) in [6.07, 6.45) is -1.36. The Morgan fingerprint density at radius 1 is 0.962 bits per heavy atom. The largest absolute Gasteiger partial charge is 0.477 e. The van der Waals surface area contributed by atoms with E-state index >= 15 is 0 Å². The first-order valence-corrected chi connectivity index (χ1v) is 9.09. The van der Waals surface area contributed by atoms with Crippen molar-refractivity contribution < 1.29 is 19.0 Å². The molecule has 1 heterocycles.